The van der Waals surface area contributed by atoms with E-state index in [4.69, 9.17) is 0 Å². The topological polar surface area (TPSA) is 90.4 Å². The van der Waals surface area contributed by atoms with Gasteiger partial charge in [-0.25, -0.2) is 10.4 Å². The molecule has 0 aliphatic carbocycles. The maximum atomic E-state index is 11.2. The average Bonchev–Trinajstić information content (AvgIpc) is 2.30. The number of hydrogen-bond acceptors (Lipinski definition) is 5. The molecule has 2 aromatic rings. The molecule has 6 heteroatoms. The van der Waals surface area contributed by atoms with Gasteiger partial charge in [-0.3, -0.25) is 9.78 Å². The van der Waals surface area contributed by atoms with Gasteiger partial charge >= 0.3 is 0 Å². The lowest BCUT2D eigenvalue weighted by molar-refractivity contribution is 0.474. The molecule has 0 saturated carbocycles. The number of H-pyrrole nitrogens is 1. The van der Waals surface area contributed by atoms with Gasteiger partial charge in [0.2, 0.25) is 5.95 Å². The number of anilines is 1. The van der Waals surface area contributed by atoms with E-state index < -0.39 is 0 Å². The first-order valence-electron chi connectivity index (χ1n) is 5.30. The Balaban J connectivity index is 2.12. The molecule has 0 atom stereocenters. The Bertz CT molecular complexity index is 634. The summed E-state index contributed by atoms with van der Waals surface area (Å²) in [4.78, 5) is 17.7. The van der Waals surface area contributed by atoms with Gasteiger partial charge in [-0.05, 0) is 19.1 Å². The number of aryl methyl sites for hydroxylation is 1. The number of nitrogens with one attached hydrogen (secondary N) is 2. The summed E-state index contributed by atoms with van der Waals surface area (Å²) in [5.74, 6) is 0.389. The lowest BCUT2D eigenvalue weighted by atomic mass is 10.2. The summed E-state index contributed by atoms with van der Waals surface area (Å²) in [5, 5.41) is 13.4. The number of aromatic amines is 1. The largest absolute Gasteiger partial charge is 0.507 e. The molecule has 1 aromatic carbocycles. The number of benzene rings is 1. The molecule has 0 amide bonds. The number of aromatic nitrogens is 2. The van der Waals surface area contributed by atoms with E-state index in [1.165, 1.54) is 12.3 Å². The van der Waals surface area contributed by atoms with E-state index in [0.29, 0.717) is 11.3 Å². The smallest absolute Gasteiger partial charge is 0.252 e. The highest BCUT2D eigenvalue weighted by Gasteiger charge is 1.97. The van der Waals surface area contributed by atoms with Gasteiger partial charge in [0, 0.05) is 17.3 Å². The Kier molecular flexibility index (Phi) is 3.38. The van der Waals surface area contributed by atoms with Gasteiger partial charge in [0.1, 0.15) is 5.75 Å². The summed E-state index contributed by atoms with van der Waals surface area (Å²) in [6, 6.07) is 8.17. The van der Waals surface area contributed by atoms with Crippen molar-refractivity contribution in [1.82, 2.24) is 9.97 Å². The average molecular weight is 244 g/mol. The molecule has 18 heavy (non-hydrogen) atoms. The third-order valence-corrected chi connectivity index (χ3v) is 2.18. The number of rotatable bonds is 3. The minimum Gasteiger partial charge on any atom is -0.507 e. The first kappa shape index (κ1) is 11.8. The number of nitrogens with zero attached hydrogens (tertiary/aromatic N) is 2. The minimum absolute atomic E-state index is 0.133. The van der Waals surface area contributed by atoms with E-state index in [1.54, 1.807) is 31.2 Å². The standard InChI is InChI=1S/C12H12N4O2/c1-8-6-11(18)15-12(14-8)16-13-7-9-4-2-3-5-10(9)17/h2-7,17H,1H3,(H2,14,15,16,18). The summed E-state index contributed by atoms with van der Waals surface area (Å²) in [5.41, 5.74) is 3.51. The van der Waals surface area contributed by atoms with Crippen molar-refractivity contribution in [2.45, 2.75) is 6.92 Å². The second kappa shape index (κ2) is 5.13. The van der Waals surface area contributed by atoms with Crippen LogP contribution in [0.5, 0.6) is 5.75 Å². The molecule has 0 aliphatic rings. The van der Waals surface area contributed by atoms with Gasteiger partial charge in [0.25, 0.3) is 5.56 Å². The minimum atomic E-state index is -0.247. The SMILES string of the molecule is Cc1cc(=O)[nH]c(NN=Cc2ccccc2O)n1. The molecule has 1 heterocycles. The van der Waals surface area contributed by atoms with Crippen molar-refractivity contribution in [3.8, 4) is 5.75 Å². The van der Waals surface area contributed by atoms with Crippen LogP contribution < -0.4 is 11.0 Å². The molecule has 1 aromatic heterocycles. The van der Waals surface area contributed by atoms with Gasteiger partial charge in [-0.1, -0.05) is 12.1 Å². The zero-order valence-corrected chi connectivity index (χ0v) is 9.71. The van der Waals surface area contributed by atoms with Crippen LogP contribution in [0, 0.1) is 6.92 Å². The molecule has 0 radical (unpaired) electrons. The number of hydrazone groups is 1. The Morgan fingerprint density at radius 3 is 2.94 bits per heavy atom. The van der Waals surface area contributed by atoms with Crippen LogP contribution in [-0.4, -0.2) is 21.3 Å². The Morgan fingerprint density at radius 2 is 2.22 bits per heavy atom. The second-order valence-electron chi connectivity index (χ2n) is 3.66. The predicted molar refractivity (Wildman–Crippen MR) is 68.9 cm³/mol. The molecule has 0 spiro atoms. The molecule has 0 aliphatic heterocycles. The molecular formula is C12H12N4O2. The number of para-hydroxylation sites is 1. The maximum Gasteiger partial charge on any atom is 0.252 e. The van der Waals surface area contributed by atoms with Crippen LogP contribution in [-0.2, 0) is 0 Å². The maximum absolute atomic E-state index is 11.2. The van der Waals surface area contributed by atoms with Crippen molar-refractivity contribution in [1.29, 1.82) is 0 Å². The molecule has 2 rings (SSSR count). The van der Waals surface area contributed by atoms with Gasteiger partial charge in [0.15, 0.2) is 0 Å². The van der Waals surface area contributed by atoms with E-state index in [1.807, 2.05) is 0 Å². The monoisotopic (exact) mass is 244 g/mol. The predicted octanol–water partition coefficient (Wildman–Crippen LogP) is 1.23. The van der Waals surface area contributed by atoms with E-state index in [0.717, 1.165) is 0 Å². The fourth-order valence-corrected chi connectivity index (χ4v) is 1.39. The molecule has 0 saturated heterocycles. The Morgan fingerprint density at radius 1 is 1.44 bits per heavy atom. The number of aromatic hydroxyl groups is 1. The van der Waals surface area contributed by atoms with Gasteiger partial charge in [0.05, 0.1) is 6.21 Å². The molecule has 92 valence electrons. The third kappa shape index (κ3) is 2.94. The quantitative estimate of drug-likeness (QED) is 0.559. The van der Waals surface area contributed by atoms with E-state index >= 15 is 0 Å². The van der Waals surface area contributed by atoms with Gasteiger partial charge in [-0.2, -0.15) is 5.10 Å². The first-order valence-corrected chi connectivity index (χ1v) is 5.30. The highest BCUT2D eigenvalue weighted by molar-refractivity contribution is 5.83. The molecule has 0 unspecified atom stereocenters. The molecular weight excluding hydrogens is 232 g/mol. The third-order valence-electron chi connectivity index (χ3n) is 2.18. The van der Waals surface area contributed by atoms with Crippen LogP contribution in [0.25, 0.3) is 0 Å². The highest BCUT2D eigenvalue weighted by atomic mass is 16.3. The molecule has 3 N–H and O–H groups in total. The van der Waals surface area contributed by atoms with Crippen LogP contribution in [0.4, 0.5) is 5.95 Å². The van der Waals surface area contributed by atoms with Crippen molar-refractivity contribution in [2.75, 3.05) is 5.43 Å². The van der Waals surface area contributed by atoms with Gasteiger partial charge < -0.3 is 5.11 Å². The molecule has 0 fully saturated rings. The number of hydrogen-bond donors (Lipinski definition) is 3. The fourth-order valence-electron chi connectivity index (χ4n) is 1.39. The molecule has 6 nitrogen and oxygen atoms in total. The van der Waals surface area contributed by atoms with Crippen LogP contribution in [0.3, 0.4) is 0 Å². The lowest BCUT2D eigenvalue weighted by Crippen LogP contribution is -2.10. The second-order valence-corrected chi connectivity index (χ2v) is 3.66. The summed E-state index contributed by atoms with van der Waals surface area (Å²) < 4.78 is 0. The Hall–Kier alpha value is -2.63. The summed E-state index contributed by atoms with van der Waals surface area (Å²) in [6.45, 7) is 1.72. The number of phenolic OH excluding ortho intramolecular Hbond substituents is 1. The van der Waals surface area contributed by atoms with Crippen LogP contribution >= 0.6 is 0 Å². The van der Waals surface area contributed by atoms with Gasteiger partial charge in [-0.15, -0.1) is 0 Å². The normalized spacial score (nSPS) is 10.7. The Labute approximate surface area is 103 Å². The van der Waals surface area contributed by atoms with Crippen molar-refractivity contribution in [3.05, 3.63) is 51.9 Å². The lowest BCUT2D eigenvalue weighted by Gasteiger charge is -2.00. The van der Waals surface area contributed by atoms with E-state index in [-0.39, 0.29) is 17.3 Å². The van der Waals surface area contributed by atoms with Crippen LogP contribution in [0.2, 0.25) is 0 Å². The zero-order chi connectivity index (χ0) is 13.0. The summed E-state index contributed by atoms with van der Waals surface area (Å²) in [6.07, 6.45) is 1.44. The van der Waals surface area contributed by atoms with Crippen molar-refractivity contribution < 1.29 is 5.11 Å². The summed E-state index contributed by atoms with van der Waals surface area (Å²) >= 11 is 0. The zero-order valence-electron chi connectivity index (χ0n) is 9.71. The van der Waals surface area contributed by atoms with E-state index in [9.17, 15) is 9.90 Å². The van der Waals surface area contributed by atoms with E-state index in [2.05, 4.69) is 20.5 Å². The molecule has 0 bridgehead atoms. The number of phenols is 1. The van der Waals surface area contributed by atoms with Crippen molar-refractivity contribution in [2.24, 2.45) is 5.10 Å². The highest BCUT2D eigenvalue weighted by Crippen LogP contribution is 2.12. The fraction of sp³-hybridized carbons (Fsp3) is 0.0833. The summed E-state index contributed by atoms with van der Waals surface area (Å²) in [7, 11) is 0. The van der Waals surface area contributed by atoms with Crippen molar-refractivity contribution >= 4 is 12.2 Å². The van der Waals surface area contributed by atoms with Crippen LogP contribution in [0.15, 0.2) is 40.2 Å². The first-order chi connectivity index (χ1) is 8.65. The van der Waals surface area contributed by atoms with Crippen LogP contribution in [0.1, 0.15) is 11.3 Å². The van der Waals surface area contributed by atoms with Crippen molar-refractivity contribution in [3.63, 3.8) is 0 Å².